The standard InChI is InChI=1S/C35H27FN2O4S/c1-2-41-34(40)30-31(25-9-5-3-6-10-25)37-35-38(32(30)26-11-7-4-8-12-26)33(39)29(43-35)21-23-15-19-28(20-16-23)42-22-24-13-17-27(36)18-14-24/h3-21,32H,2,22H2,1H3/b29-21-/t32-/m1/s1. The Morgan fingerprint density at radius 3 is 2.28 bits per heavy atom. The lowest BCUT2D eigenvalue weighted by Crippen LogP contribution is -2.39. The molecule has 0 fully saturated rings. The predicted molar refractivity (Wildman–Crippen MR) is 165 cm³/mol. The molecule has 2 heterocycles. The van der Waals surface area contributed by atoms with Gasteiger partial charge in [-0.25, -0.2) is 14.2 Å². The van der Waals surface area contributed by atoms with Crippen LogP contribution in [0.1, 0.15) is 35.2 Å². The molecule has 1 aromatic heterocycles. The van der Waals surface area contributed by atoms with Gasteiger partial charge in [0.2, 0.25) is 0 Å². The van der Waals surface area contributed by atoms with E-state index in [4.69, 9.17) is 14.5 Å². The highest BCUT2D eigenvalue weighted by molar-refractivity contribution is 7.07. The number of thiazole rings is 1. The first-order valence-corrected chi connectivity index (χ1v) is 14.6. The molecule has 1 atom stereocenters. The highest BCUT2D eigenvalue weighted by Crippen LogP contribution is 2.35. The second-order valence-corrected chi connectivity index (χ2v) is 10.8. The lowest BCUT2D eigenvalue weighted by molar-refractivity contribution is -0.138. The third-order valence-corrected chi connectivity index (χ3v) is 7.97. The Balaban J connectivity index is 1.41. The van der Waals surface area contributed by atoms with E-state index in [1.165, 1.54) is 23.5 Å². The first-order chi connectivity index (χ1) is 21.0. The fraction of sp³-hybridized carbons (Fsp3) is 0.114. The summed E-state index contributed by atoms with van der Waals surface area (Å²) in [5, 5.41) is 0. The monoisotopic (exact) mass is 590 g/mol. The molecule has 0 saturated heterocycles. The van der Waals surface area contributed by atoms with Crippen LogP contribution in [-0.2, 0) is 16.1 Å². The molecule has 4 aromatic carbocycles. The van der Waals surface area contributed by atoms with E-state index in [1.54, 1.807) is 23.6 Å². The van der Waals surface area contributed by atoms with Crippen LogP contribution in [0.4, 0.5) is 4.39 Å². The summed E-state index contributed by atoms with van der Waals surface area (Å²) < 4.78 is 26.6. The van der Waals surface area contributed by atoms with Crippen LogP contribution in [0, 0.1) is 5.82 Å². The maximum atomic E-state index is 14.0. The van der Waals surface area contributed by atoms with Crippen molar-refractivity contribution in [1.29, 1.82) is 0 Å². The lowest BCUT2D eigenvalue weighted by Gasteiger charge is -2.25. The second-order valence-electron chi connectivity index (χ2n) is 9.83. The van der Waals surface area contributed by atoms with Gasteiger partial charge in [-0.1, -0.05) is 96.3 Å². The first-order valence-electron chi connectivity index (χ1n) is 13.8. The molecule has 6 nitrogen and oxygen atoms in total. The lowest BCUT2D eigenvalue weighted by atomic mass is 9.93. The summed E-state index contributed by atoms with van der Waals surface area (Å²) in [6.45, 7) is 2.26. The van der Waals surface area contributed by atoms with Gasteiger partial charge in [-0.05, 0) is 54.0 Å². The van der Waals surface area contributed by atoms with E-state index < -0.39 is 12.0 Å². The van der Waals surface area contributed by atoms with Crippen LogP contribution in [0.25, 0.3) is 11.8 Å². The number of hydrogen-bond donors (Lipinski definition) is 0. The Kier molecular flexibility index (Phi) is 8.11. The van der Waals surface area contributed by atoms with Gasteiger partial charge >= 0.3 is 5.97 Å². The molecule has 214 valence electrons. The average Bonchev–Trinajstić information content (AvgIpc) is 3.35. The van der Waals surface area contributed by atoms with Gasteiger partial charge in [0, 0.05) is 5.56 Å². The van der Waals surface area contributed by atoms with Crippen molar-refractivity contribution >= 4 is 29.1 Å². The van der Waals surface area contributed by atoms with E-state index in [9.17, 15) is 14.0 Å². The van der Waals surface area contributed by atoms with Crippen molar-refractivity contribution in [3.05, 3.63) is 163 Å². The number of rotatable bonds is 8. The van der Waals surface area contributed by atoms with Gasteiger partial charge in [0.1, 0.15) is 18.2 Å². The van der Waals surface area contributed by atoms with E-state index in [0.717, 1.165) is 22.3 Å². The Labute approximate surface area is 251 Å². The molecule has 1 aliphatic rings. The van der Waals surface area contributed by atoms with Crippen molar-refractivity contribution < 1.29 is 18.7 Å². The van der Waals surface area contributed by atoms with E-state index in [1.807, 2.05) is 91.0 Å². The summed E-state index contributed by atoms with van der Waals surface area (Å²) in [5.41, 5.74) is 3.78. The van der Waals surface area contributed by atoms with E-state index in [-0.39, 0.29) is 18.0 Å². The zero-order valence-corrected chi connectivity index (χ0v) is 24.1. The fourth-order valence-corrected chi connectivity index (χ4v) is 5.95. The summed E-state index contributed by atoms with van der Waals surface area (Å²) in [6, 6.07) is 31.8. The van der Waals surface area contributed by atoms with Crippen LogP contribution in [0.15, 0.2) is 125 Å². The molecule has 0 unspecified atom stereocenters. The van der Waals surface area contributed by atoms with Crippen molar-refractivity contribution in [2.24, 2.45) is 4.99 Å². The zero-order chi connectivity index (χ0) is 29.8. The number of carbonyl (C=O) groups is 1. The molecule has 0 amide bonds. The van der Waals surface area contributed by atoms with Crippen molar-refractivity contribution in [3.63, 3.8) is 0 Å². The summed E-state index contributed by atoms with van der Waals surface area (Å²) >= 11 is 1.27. The number of nitrogens with zero attached hydrogens (tertiary/aromatic N) is 2. The number of aromatic nitrogens is 1. The number of esters is 1. The Morgan fingerprint density at radius 2 is 1.60 bits per heavy atom. The largest absolute Gasteiger partial charge is 0.489 e. The number of ether oxygens (including phenoxy) is 2. The third kappa shape index (κ3) is 5.96. The number of carbonyl (C=O) groups excluding carboxylic acids is 1. The normalized spacial score (nSPS) is 14.7. The van der Waals surface area contributed by atoms with Gasteiger partial charge in [0.15, 0.2) is 4.80 Å². The topological polar surface area (TPSA) is 69.9 Å². The molecular formula is C35H27FN2O4S. The molecule has 0 saturated carbocycles. The van der Waals surface area contributed by atoms with Crippen LogP contribution >= 0.6 is 11.3 Å². The Bertz CT molecular complexity index is 1960. The molecular weight excluding hydrogens is 563 g/mol. The molecule has 1 aliphatic heterocycles. The summed E-state index contributed by atoms with van der Waals surface area (Å²) in [7, 11) is 0. The first kappa shape index (κ1) is 28.1. The van der Waals surface area contributed by atoms with E-state index in [2.05, 4.69) is 0 Å². The van der Waals surface area contributed by atoms with Gasteiger partial charge in [0.05, 0.1) is 28.5 Å². The van der Waals surface area contributed by atoms with Gasteiger partial charge in [-0.2, -0.15) is 0 Å². The Morgan fingerprint density at radius 1 is 0.930 bits per heavy atom. The molecule has 5 aromatic rings. The van der Waals surface area contributed by atoms with Gasteiger partial charge < -0.3 is 9.47 Å². The molecule has 0 radical (unpaired) electrons. The number of fused-ring (bicyclic) bond motifs is 1. The molecule has 0 aliphatic carbocycles. The molecule has 0 bridgehead atoms. The van der Waals surface area contributed by atoms with Gasteiger partial charge in [-0.3, -0.25) is 9.36 Å². The summed E-state index contributed by atoms with van der Waals surface area (Å²) in [4.78, 5) is 32.8. The van der Waals surface area contributed by atoms with E-state index >= 15 is 0 Å². The second kappa shape index (κ2) is 12.4. The molecule has 0 N–H and O–H groups in total. The van der Waals surface area contributed by atoms with Crippen LogP contribution in [0.2, 0.25) is 0 Å². The van der Waals surface area contributed by atoms with E-state index in [0.29, 0.717) is 33.0 Å². The van der Waals surface area contributed by atoms with Gasteiger partial charge in [-0.15, -0.1) is 0 Å². The average molecular weight is 591 g/mol. The zero-order valence-electron chi connectivity index (χ0n) is 23.3. The minimum Gasteiger partial charge on any atom is -0.489 e. The van der Waals surface area contributed by atoms with Crippen LogP contribution in [0.5, 0.6) is 5.75 Å². The SMILES string of the molecule is CCOC(=O)C1=C(c2ccccc2)N=c2s/c(=C\c3ccc(OCc4ccc(F)cc4)cc3)c(=O)n2[C@@H]1c1ccccc1. The maximum Gasteiger partial charge on any atom is 0.338 e. The number of benzene rings is 4. The number of hydrogen-bond acceptors (Lipinski definition) is 6. The van der Waals surface area contributed by atoms with Crippen molar-refractivity contribution in [3.8, 4) is 5.75 Å². The minimum absolute atomic E-state index is 0.194. The quantitative estimate of drug-likeness (QED) is 0.219. The highest BCUT2D eigenvalue weighted by Gasteiger charge is 2.35. The van der Waals surface area contributed by atoms with Crippen LogP contribution < -0.4 is 19.6 Å². The molecule has 43 heavy (non-hydrogen) atoms. The smallest absolute Gasteiger partial charge is 0.338 e. The van der Waals surface area contributed by atoms with Gasteiger partial charge in [0.25, 0.3) is 5.56 Å². The third-order valence-electron chi connectivity index (χ3n) is 6.99. The Hall–Kier alpha value is -5.08. The minimum atomic E-state index is -0.712. The predicted octanol–water partition coefficient (Wildman–Crippen LogP) is 5.65. The van der Waals surface area contributed by atoms with Crippen molar-refractivity contribution in [2.45, 2.75) is 19.6 Å². The summed E-state index contributed by atoms with van der Waals surface area (Å²) in [5.74, 6) is -0.148. The van der Waals surface area contributed by atoms with Crippen LogP contribution in [-0.4, -0.2) is 17.1 Å². The molecule has 8 heteroatoms. The van der Waals surface area contributed by atoms with Crippen molar-refractivity contribution in [2.75, 3.05) is 6.61 Å². The highest BCUT2D eigenvalue weighted by atomic mass is 32.1. The summed E-state index contributed by atoms with van der Waals surface area (Å²) in [6.07, 6.45) is 1.81. The van der Waals surface area contributed by atoms with Crippen molar-refractivity contribution in [1.82, 2.24) is 4.57 Å². The van der Waals surface area contributed by atoms with Crippen LogP contribution in [0.3, 0.4) is 0 Å². The molecule has 6 rings (SSSR count). The maximum absolute atomic E-state index is 14.0. The number of halogens is 1. The fourth-order valence-electron chi connectivity index (χ4n) is 4.95. The molecule has 0 spiro atoms.